The minimum absolute atomic E-state index is 0.0614. The number of carbonyl (C=O) groups excluding carboxylic acids is 1. The van der Waals surface area contributed by atoms with Gasteiger partial charge >= 0.3 is 6.03 Å². The average Bonchev–Trinajstić information content (AvgIpc) is 3.25. The van der Waals surface area contributed by atoms with Crippen molar-refractivity contribution in [1.29, 1.82) is 5.26 Å². The molecule has 1 N–H and O–H groups in total. The maximum atomic E-state index is 12.0. The highest BCUT2D eigenvalue weighted by Gasteiger charge is 2.31. The standard InChI is InChI=1S/C14H18N4O/c15-8-3-11-18(13-5-6-13)14(19)17-10-7-12-4-1-2-9-16-12/h1-2,4,9,13H,3,5-7,10-11H2,(H,17,19). The highest BCUT2D eigenvalue weighted by molar-refractivity contribution is 5.74. The van der Waals surface area contributed by atoms with Crippen LogP contribution in [0.4, 0.5) is 4.79 Å². The molecule has 5 nitrogen and oxygen atoms in total. The van der Waals surface area contributed by atoms with Gasteiger partial charge in [0.2, 0.25) is 0 Å². The molecule has 100 valence electrons. The Morgan fingerprint density at radius 2 is 2.37 bits per heavy atom. The number of pyridine rings is 1. The number of aromatic nitrogens is 1. The normalized spacial score (nSPS) is 13.6. The lowest BCUT2D eigenvalue weighted by atomic mass is 10.3. The van der Waals surface area contributed by atoms with Crippen molar-refractivity contribution >= 4 is 6.03 Å². The predicted molar refractivity (Wildman–Crippen MR) is 71.3 cm³/mol. The summed E-state index contributed by atoms with van der Waals surface area (Å²) in [5.74, 6) is 0. The van der Waals surface area contributed by atoms with Crippen molar-refractivity contribution in [3.05, 3.63) is 30.1 Å². The molecule has 1 saturated carbocycles. The van der Waals surface area contributed by atoms with E-state index >= 15 is 0 Å². The van der Waals surface area contributed by atoms with Crippen molar-refractivity contribution < 1.29 is 4.79 Å². The van der Waals surface area contributed by atoms with E-state index in [9.17, 15) is 4.79 Å². The quantitative estimate of drug-likeness (QED) is 0.844. The molecule has 0 radical (unpaired) electrons. The van der Waals surface area contributed by atoms with Gasteiger partial charge in [0.25, 0.3) is 0 Å². The van der Waals surface area contributed by atoms with Crippen LogP contribution in [0.2, 0.25) is 0 Å². The van der Waals surface area contributed by atoms with Crippen LogP contribution < -0.4 is 5.32 Å². The topological polar surface area (TPSA) is 69.0 Å². The third-order valence-corrected chi connectivity index (χ3v) is 3.10. The van der Waals surface area contributed by atoms with E-state index in [0.717, 1.165) is 25.0 Å². The monoisotopic (exact) mass is 258 g/mol. The Balaban J connectivity index is 1.74. The second-order valence-corrected chi connectivity index (χ2v) is 4.64. The third kappa shape index (κ3) is 4.25. The molecule has 1 aromatic rings. The van der Waals surface area contributed by atoms with Gasteiger partial charge in [0.15, 0.2) is 0 Å². The van der Waals surface area contributed by atoms with Crippen molar-refractivity contribution in [3.63, 3.8) is 0 Å². The Morgan fingerprint density at radius 3 is 3.00 bits per heavy atom. The minimum atomic E-state index is -0.0614. The molecule has 0 aromatic carbocycles. The maximum absolute atomic E-state index is 12.0. The molecule has 1 aliphatic carbocycles. The maximum Gasteiger partial charge on any atom is 0.317 e. The van der Waals surface area contributed by atoms with Crippen molar-refractivity contribution in [2.45, 2.75) is 31.7 Å². The summed E-state index contributed by atoms with van der Waals surface area (Å²) in [5, 5.41) is 11.5. The Morgan fingerprint density at radius 1 is 1.53 bits per heavy atom. The Bertz CT molecular complexity index is 450. The van der Waals surface area contributed by atoms with Crippen LogP contribution in [0.15, 0.2) is 24.4 Å². The highest BCUT2D eigenvalue weighted by atomic mass is 16.2. The van der Waals surface area contributed by atoms with Crippen LogP contribution in [0.3, 0.4) is 0 Å². The van der Waals surface area contributed by atoms with E-state index in [-0.39, 0.29) is 6.03 Å². The average molecular weight is 258 g/mol. The van der Waals surface area contributed by atoms with Gasteiger partial charge in [-0.05, 0) is 25.0 Å². The summed E-state index contributed by atoms with van der Waals surface area (Å²) < 4.78 is 0. The zero-order valence-corrected chi connectivity index (χ0v) is 10.9. The van der Waals surface area contributed by atoms with Crippen molar-refractivity contribution in [2.24, 2.45) is 0 Å². The summed E-state index contributed by atoms with van der Waals surface area (Å²) in [5.41, 5.74) is 0.970. The molecule has 2 rings (SSSR count). The second-order valence-electron chi connectivity index (χ2n) is 4.64. The number of nitrogens with one attached hydrogen (secondary N) is 1. The van der Waals surface area contributed by atoms with E-state index in [2.05, 4.69) is 16.4 Å². The smallest absolute Gasteiger partial charge is 0.317 e. The first-order valence-corrected chi connectivity index (χ1v) is 6.62. The van der Waals surface area contributed by atoms with Crippen LogP contribution in [0, 0.1) is 11.3 Å². The number of hydrogen-bond donors (Lipinski definition) is 1. The van der Waals surface area contributed by atoms with Crippen LogP contribution in [-0.2, 0) is 6.42 Å². The molecular formula is C14H18N4O. The van der Waals surface area contributed by atoms with Crippen molar-refractivity contribution in [1.82, 2.24) is 15.2 Å². The molecule has 1 fully saturated rings. The van der Waals surface area contributed by atoms with E-state index in [1.54, 1.807) is 11.1 Å². The molecular weight excluding hydrogens is 240 g/mol. The Hall–Kier alpha value is -2.09. The van der Waals surface area contributed by atoms with Crippen LogP contribution in [0.5, 0.6) is 0 Å². The molecule has 0 saturated heterocycles. The summed E-state index contributed by atoms with van der Waals surface area (Å²) in [6.45, 7) is 1.10. The summed E-state index contributed by atoms with van der Waals surface area (Å²) in [7, 11) is 0. The van der Waals surface area contributed by atoms with Gasteiger partial charge in [-0.3, -0.25) is 4.98 Å². The molecule has 19 heavy (non-hydrogen) atoms. The van der Waals surface area contributed by atoms with Gasteiger partial charge in [0, 0.05) is 37.4 Å². The molecule has 0 bridgehead atoms. The van der Waals surface area contributed by atoms with E-state index in [4.69, 9.17) is 5.26 Å². The molecule has 0 unspecified atom stereocenters. The number of hydrogen-bond acceptors (Lipinski definition) is 3. The van der Waals surface area contributed by atoms with Gasteiger partial charge in [-0.1, -0.05) is 6.07 Å². The van der Waals surface area contributed by atoms with E-state index in [1.807, 2.05) is 18.2 Å². The fourth-order valence-electron chi connectivity index (χ4n) is 1.95. The lowest BCUT2D eigenvalue weighted by Crippen LogP contribution is -2.42. The molecule has 0 spiro atoms. The molecule has 5 heteroatoms. The number of amides is 2. The van der Waals surface area contributed by atoms with Gasteiger partial charge in [-0.2, -0.15) is 5.26 Å². The van der Waals surface area contributed by atoms with Crippen LogP contribution >= 0.6 is 0 Å². The first-order valence-electron chi connectivity index (χ1n) is 6.62. The number of carbonyl (C=O) groups is 1. The number of nitriles is 1. The van der Waals surface area contributed by atoms with Crippen LogP contribution in [0.1, 0.15) is 25.0 Å². The lowest BCUT2D eigenvalue weighted by Gasteiger charge is -2.21. The van der Waals surface area contributed by atoms with E-state index in [1.165, 1.54) is 0 Å². The highest BCUT2D eigenvalue weighted by Crippen LogP contribution is 2.26. The Kier molecular flexibility index (Phi) is 4.73. The summed E-state index contributed by atoms with van der Waals surface area (Å²) >= 11 is 0. The van der Waals surface area contributed by atoms with E-state index < -0.39 is 0 Å². The number of rotatable bonds is 6. The zero-order valence-electron chi connectivity index (χ0n) is 10.9. The molecule has 1 aromatic heterocycles. The third-order valence-electron chi connectivity index (χ3n) is 3.10. The predicted octanol–water partition coefficient (Wildman–Crippen LogP) is 1.71. The summed E-state index contributed by atoms with van der Waals surface area (Å²) in [4.78, 5) is 18.0. The van der Waals surface area contributed by atoms with Gasteiger partial charge in [0.1, 0.15) is 0 Å². The lowest BCUT2D eigenvalue weighted by molar-refractivity contribution is 0.196. The fraction of sp³-hybridized carbons (Fsp3) is 0.500. The SMILES string of the molecule is N#CCCN(C(=O)NCCc1ccccn1)C1CC1. The van der Waals surface area contributed by atoms with Gasteiger partial charge in [-0.25, -0.2) is 4.79 Å². The first-order chi connectivity index (χ1) is 9.31. The van der Waals surface area contributed by atoms with Gasteiger partial charge < -0.3 is 10.2 Å². The minimum Gasteiger partial charge on any atom is -0.338 e. The summed E-state index contributed by atoms with van der Waals surface area (Å²) in [6, 6.07) is 8.12. The number of urea groups is 1. The second kappa shape index (κ2) is 6.74. The zero-order chi connectivity index (χ0) is 13.5. The fourth-order valence-corrected chi connectivity index (χ4v) is 1.95. The Labute approximate surface area is 113 Å². The van der Waals surface area contributed by atoms with Gasteiger partial charge in [-0.15, -0.1) is 0 Å². The van der Waals surface area contributed by atoms with Gasteiger partial charge in [0.05, 0.1) is 12.5 Å². The molecule has 0 atom stereocenters. The van der Waals surface area contributed by atoms with Crippen LogP contribution in [-0.4, -0.2) is 35.0 Å². The summed E-state index contributed by atoms with van der Waals surface area (Å²) in [6.07, 6.45) is 4.98. The molecule has 1 heterocycles. The number of nitrogens with zero attached hydrogens (tertiary/aromatic N) is 3. The largest absolute Gasteiger partial charge is 0.338 e. The van der Waals surface area contributed by atoms with Crippen molar-refractivity contribution in [3.8, 4) is 6.07 Å². The first kappa shape index (κ1) is 13.3. The van der Waals surface area contributed by atoms with Crippen LogP contribution in [0.25, 0.3) is 0 Å². The van der Waals surface area contributed by atoms with E-state index in [0.29, 0.717) is 25.6 Å². The molecule has 0 aliphatic heterocycles. The molecule has 2 amide bonds. The van der Waals surface area contributed by atoms with Crippen molar-refractivity contribution in [2.75, 3.05) is 13.1 Å². The molecule has 1 aliphatic rings.